The van der Waals surface area contributed by atoms with E-state index in [1.54, 1.807) is 26.8 Å². The minimum Gasteiger partial charge on any atom is -0.507 e. The van der Waals surface area contributed by atoms with Gasteiger partial charge in [0.05, 0.1) is 34.3 Å². The number of hydrogen-bond acceptors (Lipinski definition) is 10. The number of esters is 1. The number of phenolic OH excluding ortho intramolecular Hbond substituents is 1. The van der Waals surface area contributed by atoms with E-state index < -0.39 is 47.0 Å². The van der Waals surface area contributed by atoms with Crippen LogP contribution in [0.1, 0.15) is 95.9 Å². The Balaban J connectivity index is 1.48. The highest BCUT2D eigenvalue weighted by molar-refractivity contribution is 6.32. The number of phenols is 1. The van der Waals surface area contributed by atoms with E-state index in [0.29, 0.717) is 17.5 Å². The third kappa shape index (κ3) is 4.57. The Kier molecular flexibility index (Phi) is 7.19. The number of fused-ring (bicyclic) bond motifs is 4. The molecule has 236 valence electrons. The van der Waals surface area contributed by atoms with Crippen LogP contribution in [0.4, 0.5) is 0 Å². The maximum atomic E-state index is 14.3. The zero-order chi connectivity index (χ0) is 32.7. The third-order valence-electron chi connectivity index (χ3n) is 9.74. The Labute approximate surface area is 260 Å². The summed E-state index contributed by atoms with van der Waals surface area (Å²) < 4.78 is 24.0. The van der Waals surface area contributed by atoms with Crippen LogP contribution in [0.2, 0.25) is 0 Å². The molecule has 0 bridgehead atoms. The number of rotatable bonds is 5. The van der Waals surface area contributed by atoms with Crippen LogP contribution in [-0.4, -0.2) is 65.5 Å². The van der Waals surface area contributed by atoms with Gasteiger partial charge in [0.15, 0.2) is 16.8 Å². The minimum absolute atomic E-state index is 0.01000. The number of ether oxygens (including phenoxy) is 3. The molecule has 0 radical (unpaired) electrons. The highest BCUT2D eigenvalue weighted by Crippen LogP contribution is 2.49. The fourth-order valence-electron chi connectivity index (χ4n) is 6.95. The van der Waals surface area contributed by atoms with E-state index >= 15 is 0 Å². The van der Waals surface area contributed by atoms with Crippen LogP contribution in [0, 0.1) is 6.92 Å². The first kappa shape index (κ1) is 30.9. The van der Waals surface area contributed by atoms with E-state index in [4.69, 9.17) is 18.6 Å². The molecule has 0 saturated carbocycles. The molecule has 6 unspecified atom stereocenters. The lowest BCUT2D eigenvalue weighted by Crippen LogP contribution is -2.61. The number of carbonyl (C=O) groups is 3. The molecule has 3 aliphatic rings. The zero-order valence-corrected chi connectivity index (χ0v) is 26.6. The van der Waals surface area contributed by atoms with E-state index in [1.165, 1.54) is 25.1 Å². The molecule has 6 rings (SSSR count). The molecule has 1 aromatic heterocycles. The van der Waals surface area contributed by atoms with Gasteiger partial charge in [-0.1, -0.05) is 18.2 Å². The molecule has 0 amide bonds. The second-order valence-corrected chi connectivity index (χ2v) is 12.9. The molecule has 2 fully saturated rings. The van der Waals surface area contributed by atoms with Crippen molar-refractivity contribution in [2.24, 2.45) is 0 Å². The van der Waals surface area contributed by atoms with Crippen LogP contribution in [0.5, 0.6) is 5.75 Å². The van der Waals surface area contributed by atoms with Crippen LogP contribution in [-0.2, 0) is 24.6 Å². The summed E-state index contributed by atoms with van der Waals surface area (Å²) in [4.78, 5) is 55.5. The lowest BCUT2D eigenvalue weighted by Gasteiger charge is -2.50. The SMILES string of the molecule is CC=CC1OC1(C)c1cc(=O)c2c(C)cc3c(c2o1)C(=O)c1c(ccc(C2CC(C)(N(C)C)C(OC(C)=O)C(C)O2)c1O)C3=O. The van der Waals surface area contributed by atoms with Crippen LogP contribution in [0.3, 0.4) is 0 Å². The summed E-state index contributed by atoms with van der Waals surface area (Å²) >= 11 is 0. The number of carbonyl (C=O) groups excluding carboxylic acids is 3. The van der Waals surface area contributed by atoms with E-state index in [-0.39, 0.29) is 56.3 Å². The van der Waals surface area contributed by atoms with Crippen molar-refractivity contribution in [3.63, 3.8) is 0 Å². The fraction of sp³-hybridized carbons (Fsp3) is 0.429. The van der Waals surface area contributed by atoms with E-state index in [2.05, 4.69) is 0 Å². The quantitative estimate of drug-likeness (QED) is 0.188. The van der Waals surface area contributed by atoms with Crippen LogP contribution in [0.25, 0.3) is 11.0 Å². The third-order valence-corrected chi connectivity index (χ3v) is 9.74. The van der Waals surface area contributed by atoms with Gasteiger partial charge in [-0.15, -0.1) is 0 Å². The molecular formula is C35H37NO9. The summed E-state index contributed by atoms with van der Waals surface area (Å²) in [6.07, 6.45) is 1.88. The molecule has 10 heteroatoms. The second kappa shape index (κ2) is 10.5. The van der Waals surface area contributed by atoms with Gasteiger partial charge in [0.25, 0.3) is 0 Å². The molecule has 1 N–H and O–H groups in total. The van der Waals surface area contributed by atoms with Gasteiger partial charge in [-0.3, -0.25) is 19.2 Å². The molecule has 2 aliphatic heterocycles. The summed E-state index contributed by atoms with van der Waals surface area (Å²) in [6.45, 7) is 10.4. The summed E-state index contributed by atoms with van der Waals surface area (Å²) in [5.74, 6) is -1.66. The predicted molar refractivity (Wildman–Crippen MR) is 165 cm³/mol. The summed E-state index contributed by atoms with van der Waals surface area (Å²) in [5.41, 5.74) is -1.22. The molecular weight excluding hydrogens is 578 g/mol. The molecule has 2 aromatic carbocycles. The first-order valence-corrected chi connectivity index (χ1v) is 15.0. The van der Waals surface area contributed by atoms with Crippen LogP contribution in [0.15, 0.2) is 45.6 Å². The van der Waals surface area contributed by atoms with Gasteiger partial charge in [-0.2, -0.15) is 0 Å². The standard InChI is InChI=1S/C35H37NO9/c1-9-10-24-35(6,45-24)25-14-22(38)26-16(2)13-21-28(32(26)44-25)31(41)27-20(29(21)39)12-11-19(30(27)40)23-15-34(5,36(7)8)33(17(3)42-23)43-18(4)37/h9-14,17,23-24,33,40H,15H2,1-8H3. The molecule has 2 saturated heterocycles. The van der Waals surface area contributed by atoms with Gasteiger partial charge in [0.1, 0.15) is 29.3 Å². The van der Waals surface area contributed by atoms with Crippen molar-refractivity contribution in [3.05, 3.63) is 85.8 Å². The van der Waals surface area contributed by atoms with Crippen molar-refractivity contribution in [1.29, 1.82) is 0 Å². The van der Waals surface area contributed by atoms with Gasteiger partial charge < -0.3 is 28.6 Å². The van der Waals surface area contributed by atoms with E-state index in [9.17, 15) is 24.3 Å². The monoisotopic (exact) mass is 615 g/mol. The van der Waals surface area contributed by atoms with Crippen molar-refractivity contribution in [2.75, 3.05) is 14.1 Å². The summed E-state index contributed by atoms with van der Waals surface area (Å²) in [7, 11) is 3.75. The zero-order valence-electron chi connectivity index (χ0n) is 26.6. The van der Waals surface area contributed by atoms with Crippen molar-refractivity contribution < 1.29 is 38.1 Å². The second-order valence-electron chi connectivity index (χ2n) is 12.9. The number of hydrogen-bond donors (Lipinski definition) is 1. The first-order chi connectivity index (χ1) is 21.1. The smallest absolute Gasteiger partial charge is 0.303 e. The van der Waals surface area contributed by atoms with Gasteiger partial charge in [0.2, 0.25) is 5.78 Å². The molecule has 3 heterocycles. The van der Waals surface area contributed by atoms with E-state index in [0.717, 1.165) is 0 Å². The van der Waals surface area contributed by atoms with Crippen molar-refractivity contribution in [3.8, 4) is 5.75 Å². The fourth-order valence-corrected chi connectivity index (χ4v) is 6.95. The number of aromatic hydroxyl groups is 1. The van der Waals surface area contributed by atoms with E-state index in [1.807, 2.05) is 45.0 Å². The first-order valence-electron chi connectivity index (χ1n) is 15.0. The topological polar surface area (TPSA) is 136 Å². The summed E-state index contributed by atoms with van der Waals surface area (Å²) in [6, 6.07) is 6.03. The highest BCUT2D eigenvalue weighted by Gasteiger charge is 2.55. The average Bonchev–Trinajstić information content (AvgIpc) is 3.63. The number of epoxide rings is 1. The van der Waals surface area contributed by atoms with Crippen LogP contribution < -0.4 is 5.43 Å². The summed E-state index contributed by atoms with van der Waals surface area (Å²) in [5, 5.41) is 11.9. The molecule has 6 atom stereocenters. The number of allylic oxidation sites excluding steroid dienone is 1. The Morgan fingerprint density at radius 2 is 1.80 bits per heavy atom. The van der Waals surface area contributed by atoms with Crippen molar-refractivity contribution in [1.82, 2.24) is 4.90 Å². The molecule has 3 aromatic rings. The Bertz CT molecular complexity index is 1890. The largest absolute Gasteiger partial charge is 0.507 e. The van der Waals surface area contributed by atoms with Gasteiger partial charge >= 0.3 is 5.97 Å². The predicted octanol–water partition coefficient (Wildman–Crippen LogP) is 4.87. The lowest BCUT2D eigenvalue weighted by molar-refractivity contribution is -0.201. The Morgan fingerprint density at radius 1 is 1.09 bits per heavy atom. The molecule has 45 heavy (non-hydrogen) atoms. The van der Waals surface area contributed by atoms with Crippen LogP contribution >= 0.6 is 0 Å². The van der Waals surface area contributed by atoms with Gasteiger partial charge in [-0.25, -0.2) is 0 Å². The Hall–Kier alpha value is -4.12. The maximum Gasteiger partial charge on any atom is 0.303 e. The number of aryl methyl sites for hydroxylation is 1. The normalized spacial score (nSPS) is 29.3. The highest BCUT2D eigenvalue weighted by atomic mass is 16.6. The van der Waals surface area contributed by atoms with Crippen molar-refractivity contribution >= 4 is 28.5 Å². The lowest BCUT2D eigenvalue weighted by atomic mass is 9.77. The maximum absolute atomic E-state index is 14.3. The minimum atomic E-state index is -0.899. The molecule has 10 nitrogen and oxygen atoms in total. The average molecular weight is 616 g/mol. The van der Waals surface area contributed by atoms with Gasteiger partial charge in [-0.05, 0) is 72.8 Å². The number of likely N-dealkylation sites (N-methyl/N-ethyl adjacent to an activating group) is 1. The molecule has 0 spiro atoms. The number of nitrogens with zero attached hydrogens (tertiary/aromatic N) is 1. The Morgan fingerprint density at radius 3 is 2.44 bits per heavy atom. The molecule has 1 aliphatic carbocycles. The van der Waals surface area contributed by atoms with Gasteiger partial charge in [0, 0.05) is 29.7 Å². The number of benzene rings is 2. The van der Waals surface area contributed by atoms with Crippen molar-refractivity contribution in [2.45, 2.75) is 83.5 Å². The number of ketones is 2.